The zero-order chi connectivity index (χ0) is 15.5. The van der Waals surface area contributed by atoms with Crippen LogP contribution in [0.3, 0.4) is 0 Å². The van der Waals surface area contributed by atoms with E-state index in [4.69, 9.17) is 4.74 Å². The van der Waals surface area contributed by atoms with E-state index in [0.29, 0.717) is 24.7 Å². The quantitative estimate of drug-likeness (QED) is 0.912. The van der Waals surface area contributed by atoms with Crippen molar-refractivity contribution < 1.29 is 9.53 Å². The lowest BCUT2D eigenvalue weighted by Crippen LogP contribution is -2.28. The molecule has 0 saturated heterocycles. The lowest BCUT2D eigenvalue weighted by Gasteiger charge is -2.12. The molecule has 0 spiro atoms. The number of aromatic nitrogens is 3. The topological polar surface area (TPSA) is 69.0 Å². The molecular formula is C16H20N4O2. The van der Waals surface area contributed by atoms with Crippen molar-refractivity contribution in [1.82, 2.24) is 20.1 Å². The molecule has 2 aromatic rings. The zero-order valence-corrected chi connectivity index (χ0v) is 12.8. The molecule has 116 valence electrons. The number of pyridine rings is 1. The summed E-state index contributed by atoms with van der Waals surface area (Å²) >= 11 is 0. The molecule has 6 nitrogen and oxygen atoms in total. The third kappa shape index (κ3) is 3.27. The van der Waals surface area contributed by atoms with E-state index in [9.17, 15) is 4.79 Å². The highest BCUT2D eigenvalue weighted by Gasteiger charge is 2.26. The highest BCUT2D eigenvalue weighted by molar-refractivity contribution is 5.92. The molecule has 0 bridgehead atoms. The number of ether oxygens (including phenoxy) is 1. The highest BCUT2D eigenvalue weighted by atomic mass is 16.5. The van der Waals surface area contributed by atoms with Crippen LogP contribution in [0.1, 0.15) is 30.0 Å². The number of nitrogens with one attached hydrogen (secondary N) is 1. The third-order valence-corrected chi connectivity index (χ3v) is 3.53. The number of amides is 1. The number of carbonyl (C=O) groups excluding carboxylic acids is 1. The Kier molecular flexibility index (Phi) is 4.09. The summed E-state index contributed by atoms with van der Waals surface area (Å²) in [7, 11) is 0. The highest BCUT2D eigenvalue weighted by Crippen LogP contribution is 2.21. The van der Waals surface area contributed by atoms with Gasteiger partial charge in [-0.15, -0.1) is 0 Å². The van der Waals surface area contributed by atoms with E-state index in [-0.39, 0.29) is 12.0 Å². The number of hydrogen-bond donors (Lipinski definition) is 1. The van der Waals surface area contributed by atoms with Crippen LogP contribution >= 0.6 is 0 Å². The van der Waals surface area contributed by atoms with Gasteiger partial charge in [-0.25, -0.2) is 0 Å². The third-order valence-electron chi connectivity index (χ3n) is 3.53. The van der Waals surface area contributed by atoms with Gasteiger partial charge < -0.3 is 10.1 Å². The molecule has 2 aromatic heterocycles. The standard InChI is InChI=1S/C16H20N4O2/c1-11(2)9-18-16(21)15-8-12-7-14(10-20(12)19-15)22-13-3-5-17-6-4-13/h3-6,8,11,14H,7,9-10H2,1-2H3,(H,18,21). The van der Waals surface area contributed by atoms with Gasteiger partial charge in [-0.05, 0) is 24.1 Å². The average molecular weight is 300 g/mol. The van der Waals surface area contributed by atoms with Crippen molar-refractivity contribution in [1.29, 1.82) is 0 Å². The molecule has 0 radical (unpaired) electrons. The van der Waals surface area contributed by atoms with Gasteiger partial charge in [0.25, 0.3) is 5.91 Å². The molecule has 1 atom stereocenters. The van der Waals surface area contributed by atoms with Crippen LogP contribution in [0.2, 0.25) is 0 Å². The lowest BCUT2D eigenvalue weighted by atomic mass is 10.2. The molecule has 22 heavy (non-hydrogen) atoms. The first-order valence-electron chi connectivity index (χ1n) is 7.53. The lowest BCUT2D eigenvalue weighted by molar-refractivity contribution is 0.0942. The first-order valence-corrected chi connectivity index (χ1v) is 7.53. The summed E-state index contributed by atoms with van der Waals surface area (Å²) in [6, 6.07) is 5.53. The molecule has 1 aliphatic heterocycles. The maximum Gasteiger partial charge on any atom is 0.271 e. The largest absolute Gasteiger partial charge is 0.488 e. The molecule has 1 unspecified atom stereocenters. The summed E-state index contributed by atoms with van der Waals surface area (Å²) in [5.74, 6) is 1.12. The summed E-state index contributed by atoms with van der Waals surface area (Å²) in [4.78, 5) is 16.0. The van der Waals surface area contributed by atoms with E-state index in [1.54, 1.807) is 12.4 Å². The molecule has 6 heteroatoms. The fourth-order valence-electron chi connectivity index (χ4n) is 2.46. The van der Waals surface area contributed by atoms with Crippen molar-refractivity contribution >= 4 is 5.91 Å². The fraction of sp³-hybridized carbons (Fsp3) is 0.438. The van der Waals surface area contributed by atoms with Crippen LogP contribution in [-0.4, -0.2) is 33.3 Å². The fourth-order valence-corrected chi connectivity index (χ4v) is 2.46. The van der Waals surface area contributed by atoms with E-state index >= 15 is 0 Å². The summed E-state index contributed by atoms with van der Waals surface area (Å²) in [6.07, 6.45) is 4.23. The smallest absolute Gasteiger partial charge is 0.271 e. The van der Waals surface area contributed by atoms with Crippen molar-refractivity contribution in [3.63, 3.8) is 0 Å². The second kappa shape index (κ2) is 6.17. The molecule has 0 aliphatic carbocycles. The molecule has 3 heterocycles. The van der Waals surface area contributed by atoms with E-state index in [0.717, 1.165) is 17.9 Å². The first kappa shape index (κ1) is 14.6. The van der Waals surface area contributed by atoms with Gasteiger partial charge in [0, 0.05) is 31.1 Å². The van der Waals surface area contributed by atoms with Crippen LogP contribution in [0, 0.1) is 5.92 Å². The predicted molar refractivity (Wildman–Crippen MR) is 81.8 cm³/mol. The number of nitrogens with zero attached hydrogens (tertiary/aromatic N) is 3. The molecule has 1 N–H and O–H groups in total. The van der Waals surface area contributed by atoms with Gasteiger partial charge in [-0.3, -0.25) is 14.5 Å². The van der Waals surface area contributed by atoms with Crippen LogP contribution in [0.5, 0.6) is 5.75 Å². The number of fused-ring (bicyclic) bond motifs is 1. The van der Waals surface area contributed by atoms with E-state index in [2.05, 4.69) is 29.2 Å². The average Bonchev–Trinajstić information content (AvgIpc) is 3.04. The van der Waals surface area contributed by atoms with Gasteiger partial charge in [0.2, 0.25) is 0 Å². The predicted octanol–water partition coefficient (Wildman–Crippen LogP) is 1.67. The molecule has 1 aliphatic rings. The summed E-state index contributed by atoms with van der Waals surface area (Å²) in [6.45, 7) is 5.45. The van der Waals surface area contributed by atoms with Crippen molar-refractivity contribution in [2.24, 2.45) is 5.92 Å². The van der Waals surface area contributed by atoms with Crippen molar-refractivity contribution in [3.05, 3.63) is 42.0 Å². The molecule has 0 saturated carbocycles. The minimum absolute atomic E-state index is 0.0534. The number of hydrogen-bond acceptors (Lipinski definition) is 4. The second-order valence-electron chi connectivity index (χ2n) is 5.93. The molecule has 1 amide bonds. The van der Waals surface area contributed by atoms with Gasteiger partial charge in [-0.2, -0.15) is 5.10 Å². The Balaban J connectivity index is 1.59. The summed E-state index contributed by atoms with van der Waals surface area (Å²) in [5, 5.41) is 7.26. The van der Waals surface area contributed by atoms with E-state index in [1.807, 2.05) is 22.9 Å². The van der Waals surface area contributed by atoms with Gasteiger partial charge in [0.1, 0.15) is 17.5 Å². The SMILES string of the molecule is CC(C)CNC(=O)c1cc2n(n1)CC(Oc1ccncc1)C2. The molecule has 0 fully saturated rings. The Bertz CT molecular complexity index is 628. The maximum atomic E-state index is 12.0. The Morgan fingerprint density at radius 1 is 1.45 bits per heavy atom. The Morgan fingerprint density at radius 3 is 2.91 bits per heavy atom. The van der Waals surface area contributed by atoms with Crippen LogP contribution in [-0.2, 0) is 13.0 Å². The van der Waals surface area contributed by atoms with Gasteiger partial charge in [0.05, 0.1) is 6.54 Å². The minimum atomic E-state index is -0.109. The van der Waals surface area contributed by atoms with Crippen molar-refractivity contribution in [2.75, 3.05) is 6.54 Å². The Morgan fingerprint density at radius 2 is 2.23 bits per heavy atom. The van der Waals surface area contributed by atoms with Gasteiger partial charge >= 0.3 is 0 Å². The summed E-state index contributed by atoms with van der Waals surface area (Å²) < 4.78 is 7.75. The van der Waals surface area contributed by atoms with Crippen LogP contribution in [0.25, 0.3) is 0 Å². The monoisotopic (exact) mass is 300 g/mol. The Labute approximate surface area is 129 Å². The van der Waals surface area contributed by atoms with E-state index in [1.165, 1.54) is 0 Å². The van der Waals surface area contributed by atoms with E-state index < -0.39 is 0 Å². The normalized spacial score (nSPS) is 16.6. The maximum absolute atomic E-state index is 12.0. The van der Waals surface area contributed by atoms with Crippen LogP contribution < -0.4 is 10.1 Å². The number of carbonyl (C=O) groups is 1. The van der Waals surface area contributed by atoms with Crippen molar-refractivity contribution in [2.45, 2.75) is 32.9 Å². The minimum Gasteiger partial charge on any atom is -0.488 e. The van der Waals surface area contributed by atoms with Crippen LogP contribution in [0.4, 0.5) is 0 Å². The second-order valence-corrected chi connectivity index (χ2v) is 5.93. The molecular weight excluding hydrogens is 280 g/mol. The number of rotatable bonds is 5. The van der Waals surface area contributed by atoms with Crippen LogP contribution in [0.15, 0.2) is 30.6 Å². The molecule has 3 rings (SSSR count). The zero-order valence-electron chi connectivity index (χ0n) is 12.8. The van der Waals surface area contributed by atoms with Gasteiger partial charge in [-0.1, -0.05) is 13.8 Å². The van der Waals surface area contributed by atoms with Gasteiger partial charge in [0.15, 0.2) is 0 Å². The Hall–Kier alpha value is -2.37. The van der Waals surface area contributed by atoms with Crippen molar-refractivity contribution in [3.8, 4) is 5.75 Å². The molecule has 0 aromatic carbocycles. The first-order chi connectivity index (χ1) is 10.6. The summed E-state index contributed by atoms with van der Waals surface area (Å²) in [5.41, 5.74) is 1.52.